The van der Waals surface area contributed by atoms with Crippen LogP contribution in [0.4, 0.5) is 0 Å². The van der Waals surface area contributed by atoms with Crippen molar-refractivity contribution in [1.29, 1.82) is 0 Å². The zero-order valence-corrected chi connectivity index (χ0v) is 13.8. The molecule has 130 valence electrons. The average Bonchev–Trinajstić information content (AvgIpc) is 3.11. The van der Waals surface area contributed by atoms with Gasteiger partial charge in [0.25, 0.3) is 0 Å². The Bertz CT molecular complexity index is 977. The lowest BCUT2D eigenvalue weighted by atomic mass is 10.1. The van der Waals surface area contributed by atoms with Crippen LogP contribution in [0.3, 0.4) is 0 Å². The minimum Gasteiger partial charge on any atom is -0.486 e. The molecular weight excluding hydrogens is 332 g/mol. The van der Waals surface area contributed by atoms with Crippen LogP contribution in [-0.4, -0.2) is 34.1 Å². The largest absolute Gasteiger partial charge is 0.486 e. The normalized spacial score (nSPS) is 13.1. The number of carbonyl (C=O) groups is 1. The second-order valence-corrected chi connectivity index (χ2v) is 5.74. The van der Waals surface area contributed by atoms with Crippen molar-refractivity contribution in [3.05, 3.63) is 66.4 Å². The van der Waals surface area contributed by atoms with Gasteiger partial charge < -0.3 is 14.6 Å². The Balaban J connectivity index is 1.81. The van der Waals surface area contributed by atoms with E-state index in [1.807, 2.05) is 48.5 Å². The van der Waals surface area contributed by atoms with Crippen molar-refractivity contribution in [2.24, 2.45) is 0 Å². The van der Waals surface area contributed by atoms with Gasteiger partial charge in [0, 0.05) is 23.4 Å². The van der Waals surface area contributed by atoms with Gasteiger partial charge in [-0.15, -0.1) is 0 Å². The molecule has 0 aliphatic carbocycles. The lowest BCUT2D eigenvalue weighted by Crippen LogP contribution is -2.15. The van der Waals surface area contributed by atoms with Crippen molar-refractivity contribution in [3.63, 3.8) is 0 Å². The van der Waals surface area contributed by atoms with Crippen LogP contribution < -0.4 is 9.47 Å². The predicted molar refractivity (Wildman–Crippen MR) is 96.7 cm³/mol. The summed E-state index contributed by atoms with van der Waals surface area (Å²) in [5.74, 6) is 0.354. The van der Waals surface area contributed by atoms with Gasteiger partial charge in [-0.3, -0.25) is 0 Å². The predicted octanol–water partition coefficient (Wildman–Crippen LogP) is 3.41. The molecule has 0 spiro atoms. The maximum atomic E-state index is 10.9. The van der Waals surface area contributed by atoms with Gasteiger partial charge in [-0.2, -0.15) is 5.10 Å². The van der Waals surface area contributed by atoms with Gasteiger partial charge in [0.2, 0.25) is 0 Å². The van der Waals surface area contributed by atoms with Crippen molar-refractivity contribution in [2.75, 3.05) is 13.2 Å². The summed E-state index contributed by atoms with van der Waals surface area (Å²) in [7, 11) is 0. The van der Waals surface area contributed by atoms with E-state index < -0.39 is 5.97 Å². The summed E-state index contributed by atoms with van der Waals surface area (Å²) < 4.78 is 12.9. The van der Waals surface area contributed by atoms with E-state index in [-0.39, 0.29) is 0 Å². The summed E-state index contributed by atoms with van der Waals surface area (Å²) in [6.45, 7) is 1.03. The maximum Gasteiger partial charge on any atom is 0.328 e. The minimum absolute atomic E-state index is 0.501. The first kappa shape index (κ1) is 16.0. The molecule has 0 saturated carbocycles. The van der Waals surface area contributed by atoms with Crippen molar-refractivity contribution >= 4 is 12.0 Å². The van der Waals surface area contributed by atoms with E-state index in [0.29, 0.717) is 36.0 Å². The molecule has 3 aromatic rings. The molecule has 0 radical (unpaired) electrons. The van der Waals surface area contributed by atoms with Crippen LogP contribution in [0.15, 0.2) is 60.8 Å². The fourth-order valence-corrected chi connectivity index (χ4v) is 2.80. The summed E-state index contributed by atoms with van der Waals surface area (Å²) >= 11 is 0. The summed E-state index contributed by atoms with van der Waals surface area (Å²) in [6, 6.07) is 15.3. The molecule has 2 heterocycles. The van der Waals surface area contributed by atoms with Crippen molar-refractivity contribution < 1.29 is 19.4 Å². The first-order valence-electron chi connectivity index (χ1n) is 8.17. The SMILES string of the molecule is O=C(O)C=Cc1cn(-c2ccccc2)nc1-c1ccc2c(c1)OCCO2. The fraction of sp³-hybridized carbons (Fsp3) is 0.100. The van der Waals surface area contributed by atoms with Gasteiger partial charge in [0.15, 0.2) is 11.5 Å². The third-order valence-corrected chi connectivity index (χ3v) is 3.98. The molecule has 1 N–H and O–H groups in total. The van der Waals surface area contributed by atoms with Crippen LogP contribution in [0.25, 0.3) is 23.0 Å². The fourth-order valence-electron chi connectivity index (χ4n) is 2.80. The van der Waals surface area contributed by atoms with Crippen LogP contribution >= 0.6 is 0 Å². The highest BCUT2D eigenvalue weighted by molar-refractivity contribution is 5.87. The molecule has 26 heavy (non-hydrogen) atoms. The Labute approximate surface area is 149 Å². The minimum atomic E-state index is -1.01. The lowest BCUT2D eigenvalue weighted by Gasteiger charge is -2.18. The first-order chi connectivity index (χ1) is 12.7. The van der Waals surface area contributed by atoms with E-state index in [1.165, 1.54) is 0 Å². The number of carboxylic acid groups (broad SMARTS) is 1. The molecule has 2 aromatic carbocycles. The van der Waals surface area contributed by atoms with E-state index in [4.69, 9.17) is 14.6 Å². The van der Waals surface area contributed by atoms with E-state index in [1.54, 1.807) is 17.0 Å². The van der Waals surface area contributed by atoms with Crippen LogP contribution in [0, 0.1) is 0 Å². The highest BCUT2D eigenvalue weighted by atomic mass is 16.6. The molecule has 1 aromatic heterocycles. The van der Waals surface area contributed by atoms with Crippen molar-refractivity contribution in [2.45, 2.75) is 0 Å². The molecule has 1 aliphatic heterocycles. The summed E-state index contributed by atoms with van der Waals surface area (Å²) in [6.07, 6.45) is 4.45. The molecule has 0 unspecified atom stereocenters. The Kier molecular flexibility index (Phi) is 4.15. The third kappa shape index (κ3) is 3.17. The van der Waals surface area contributed by atoms with Gasteiger partial charge in [0.1, 0.15) is 18.9 Å². The Morgan fingerprint density at radius 1 is 1.08 bits per heavy atom. The van der Waals surface area contributed by atoms with Gasteiger partial charge in [-0.25, -0.2) is 9.48 Å². The number of benzene rings is 2. The number of para-hydroxylation sites is 1. The molecule has 4 rings (SSSR count). The average molecular weight is 348 g/mol. The Morgan fingerprint density at radius 2 is 1.85 bits per heavy atom. The molecule has 0 fully saturated rings. The van der Waals surface area contributed by atoms with Gasteiger partial charge in [-0.1, -0.05) is 18.2 Å². The van der Waals surface area contributed by atoms with Crippen LogP contribution in [0.5, 0.6) is 11.5 Å². The number of hydrogen-bond donors (Lipinski definition) is 1. The van der Waals surface area contributed by atoms with E-state index >= 15 is 0 Å². The van der Waals surface area contributed by atoms with E-state index in [9.17, 15) is 4.79 Å². The second-order valence-electron chi connectivity index (χ2n) is 5.74. The molecule has 6 heteroatoms. The molecule has 6 nitrogen and oxygen atoms in total. The topological polar surface area (TPSA) is 73.6 Å². The van der Waals surface area contributed by atoms with Gasteiger partial charge >= 0.3 is 5.97 Å². The molecule has 0 bridgehead atoms. The number of rotatable bonds is 4. The highest BCUT2D eigenvalue weighted by Gasteiger charge is 2.16. The smallest absolute Gasteiger partial charge is 0.328 e. The van der Waals surface area contributed by atoms with Gasteiger partial charge in [-0.05, 0) is 36.4 Å². The number of hydrogen-bond acceptors (Lipinski definition) is 4. The highest BCUT2D eigenvalue weighted by Crippen LogP contribution is 2.35. The zero-order valence-electron chi connectivity index (χ0n) is 13.8. The van der Waals surface area contributed by atoms with Gasteiger partial charge in [0.05, 0.1) is 5.69 Å². The molecule has 0 atom stereocenters. The number of fused-ring (bicyclic) bond motifs is 1. The standard InChI is InChI=1S/C20H16N2O4/c23-19(24)9-7-15-13-22(16-4-2-1-3-5-16)21-20(15)14-6-8-17-18(12-14)26-11-10-25-17/h1-9,12-13H,10-11H2,(H,23,24). The number of carboxylic acids is 1. The summed E-state index contributed by atoms with van der Waals surface area (Å²) in [5, 5.41) is 13.6. The Morgan fingerprint density at radius 3 is 2.62 bits per heavy atom. The van der Waals surface area contributed by atoms with E-state index in [2.05, 4.69) is 5.10 Å². The summed E-state index contributed by atoms with van der Waals surface area (Å²) in [4.78, 5) is 10.9. The molecular formula is C20H16N2O4. The summed E-state index contributed by atoms with van der Waals surface area (Å²) in [5.41, 5.74) is 3.09. The molecule has 1 aliphatic rings. The quantitative estimate of drug-likeness (QED) is 0.732. The number of nitrogens with zero attached hydrogens (tertiary/aromatic N) is 2. The number of ether oxygens (including phenoxy) is 2. The van der Waals surface area contributed by atoms with Crippen LogP contribution in [-0.2, 0) is 4.79 Å². The number of aliphatic carboxylic acids is 1. The van der Waals surface area contributed by atoms with Crippen LogP contribution in [0.1, 0.15) is 5.56 Å². The van der Waals surface area contributed by atoms with Crippen molar-refractivity contribution in [1.82, 2.24) is 9.78 Å². The van der Waals surface area contributed by atoms with Crippen molar-refractivity contribution in [3.8, 4) is 28.4 Å². The van der Waals surface area contributed by atoms with Crippen LogP contribution in [0.2, 0.25) is 0 Å². The maximum absolute atomic E-state index is 10.9. The third-order valence-electron chi connectivity index (χ3n) is 3.98. The Hall–Kier alpha value is -3.54. The monoisotopic (exact) mass is 348 g/mol. The molecule has 0 amide bonds. The second kappa shape index (κ2) is 6.76. The molecule has 0 saturated heterocycles. The lowest BCUT2D eigenvalue weighted by molar-refractivity contribution is -0.131. The first-order valence-corrected chi connectivity index (χ1v) is 8.17. The van der Waals surface area contributed by atoms with E-state index in [0.717, 1.165) is 17.3 Å². The zero-order chi connectivity index (χ0) is 17.9. The number of aromatic nitrogens is 2.